The summed E-state index contributed by atoms with van der Waals surface area (Å²) < 4.78 is 41.1. The summed E-state index contributed by atoms with van der Waals surface area (Å²) in [5.41, 5.74) is 1.13. The molecule has 1 saturated heterocycles. The molecule has 1 amide bonds. The predicted octanol–water partition coefficient (Wildman–Crippen LogP) is 5.25. The van der Waals surface area contributed by atoms with Crippen LogP contribution in [0.2, 0.25) is 5.02 Å². The third-order valence-electron chi connectivity index (χ3n) is 5.96. The van der Waals surface area contributed by atoms with E-state index in [2.05, 4.69) is 9.97 Å². The smallest absolute Gasteiger partial charge is 0.362 e. The van der Waals surface area contributed by atoms with Crippen LogP contribution in [0.1, 0.15) is 39.3 Å². The van der Waals surface area contributed by atoms with E-state index in [-0.39, 0.29) is 40.3 Å². The molecule has 2 heterocycles. The van der Waals surface area contributed by atoms with Gasteiger partial charge >= 0.3 is 6.18 Å². The van der Waals surface area contributed by atoms with E-state index in [4.69, 9.17) is 11.6 Å². The Hall–Kier alpha value is -3.64. The maximum atomic E-state index is 13.7. The van der Waals surface area contributed by atoms with E-state index in [9.17, 15) is 23.2 Å². The molecule has 4 rings (SSSR count). The Morgan fingerprint density at radius 3 is 2.66 bits per heavy atom. The van der Waals surface area contributed by atoms with Crippen molar-refractivity contribution in [3.63, 3.8) is 0 Å². The largest absolute Gasteiger partial charge is 0.416 e. The van der Waals surface area contributed by atoms with Gasteiger partial charge < -0.3 is 9.80 Å². The minimum atomic E-state index is -4.51. The standard InChI is InChI=1S/C25H21ClF3N5O/c1-16-12-32-23(13-31-16)24(35)33-9-8-20(15-33)34(19-7-6-17(11-30)22(26)10-19)14-18-4-2-3-5-21(18)25(27,28)29/h2-7,10,12-13,20H,8-9,14-15H2,1H3. The molecule has 6 nitrogen and oxygen atoms in total. The number of aromatic nitrogens is 2. The number of alkyl halides is 3. The van der Waals surface area contributed by atoms with Crippen LogP contribution in [0.5, 0.6) is 0 Å². The topological polar surface area (TPSA) is 73.1 Å². The van der Waals surface area contributed by atoms with E-state index >= 15 is 0 Å². The van der Waals surface area contributed by atoms with Crippen molar-refractivity contribution in [2.24, 2.45) is 0 Å². The van der Waals surface area contributed by atoms with Gasteiger partial charge in [0.15, 0.2) is 0 Å². The molecule has 1 unspecified atom stereocenters. The Kier molecular flexibility index (Phi) is 6.94. The highest BCUT2D eigenvalue weighted by Crippen LogP contribution is 2.35. The summed E-state index contributed by atoms with van der Waals surface area (Å²) in [5.74, 6) is -0.284. The Labute approximate surface area is 205 Å². The first kappa shape index (κ1) is 24.5. The molecule has 10 heteroatoms. The zero-order valence-corrected chi connectivity index (χ0v) is 19.5. The van der Waals surface area contributed by atoms with Gasteiger partial charge in [-0.1, -0.05) is 29.8 Å². The fraction of sp³-hybridized carbons (Fsp3) is 0.280. The van der Waals surface area contributed by atoms with Crippen molar-refractivity contribution in [2.75, 3.05) is 18.0 Å². The average molecular weight is 500 g/mol. The number of nitrogens with zero attached hydrogens (tertiary/aromatic N) is 5. The van der Waals surface area contributed by atoms with E-state index in [1.165, 1.54) is 24.5 Å². The quantitative estimate of drug-likeness (QED) is 0.479. The van der Waals surface area contributed by atoms with Gasteiger partial charge in [0.05, 0.1) is 28.0 Å². The minimum absolute atomic E-state index is 0.0467. The molecule has 2 aromatic carbocycles. The van der Waals surface area contributed by atoms with E-state index in [0.717, 1.165) is 6.07 Å². The van der Waals surface area contributed by atoms with Gasteiger partial charge in [0.1, 0.15) is 11.8 Å². The molecule has 1 atom stereocenters. The summed E-state index contributed by atoms with van der Waals surface area (Å²) in [6.45, 7) is 2.43. The predicted molar refractivity (Wildman–Crippen MR) is 125 cm³/mol. The highest BCUT2D eigenvalue weighted by Gasteiger charge is 2.36. The van der Waals surface area contributed by atoms with Crippen LogP contribution in [0.3, 0.4) is 0 Å². The number of aryl methyl sites for hydroxylation is 1. The van der Waals surface area contributed by atoms with Gasteiger partial charge in [-0.25, -0.2) is 4.98 Å². The molecule has 1 aliphatic rings. The fourth-order valence-corrected chi connectivity index (χ4v) is 4.39. The number of carbonyl (C=O) groups excluding carboxylic acids is 1. The second-order valence-electron chi connectivity index (χ2n) is 8.30. The first-order valence-electron chi connectivity index (χ1n) is 10.9. The number of nitriles is 1. The number of hydrogen-bond donors (Lipinski definition) is 0. The summed E-state index contributed by atoms with van der Waals surface area (Å²) in [5, 5.41) is 9.42. The number of benzene rings is 2. The van der Waals surface area contributed by atoms with Crippen molar-refractivity contribution in [1.82, 2.24) is 14.9 Å². The highest BCUT2D eigenvalue weighted by atomic mass is 35.5. The van der Waals surface area contributed by atoms with Gasteiger partial charge in [-0.15, -0.1) is 0 Å². The number of rotatable bonds is 5. The fourth-order valence-electron chi connectivity index (χ4n) is 4.17. The lowest BCUT2D eigenvalue weighted by Crippen LogP contribution is -2.39. The van der Waals surface area contributed by atoms with E-state index < -0.39 is 11.7 Å². The molecule has 0 saturated carbocycles. The second-order valence-corrected chi connectivity index (χ2v) is 8.70. The van der Waals surface area contributed by atoms with E-state index in [0.29, 0.717) is 30.9 Å². The van der Waals surface area contributed by atoms with Gasteiger partial charge in [0.25, 0.3) is 5.91 Å². The number of anilines is 1. The molecule has 1 fully saturated rings. The number of carbonyl (C=O) groups is 1. The lowest BCUT2D eigenvalue weighted by molar-refractivity contribution is -0.138. The van der Waals surface area contributed by atoms with E-state index in [1.807, 2.05) is 11.0 Å². The maximum Gasteiger partial charge on any atom is 0.416 e. The van der Waals surface area contributed by atoms with Crippen LogP contribution in [0.25, 0.3) is 0 Å². The third kappa shape index (κ3) is 5.38. The van der Waals surface area contributed by atoms with Crippen molar-refractivity contribution < 1.29 is 18.0 Å². The van der Waals surface area contributed by atoms with Crippen LogP contribution < -0.4 is 4.90 Å². The molecule has 3 aromatic rings. The normalized spacial score (nSPS) is 15.7. The SMILES string of the molecule is Cc1cnc(C(=O)N2CCC(N(Cc3ccccc3C(F)(F)F)c3ccc(C#N)c(Cl)c3)C2)cn1. The van der Waals surface area contributed by atoms with Crippen LogP contribution in [0, 0.1) is 18.3 Å². The van der Waals surface area contributed by atoms with Crippen LogP contribution in [0.4, 0.5) is 18.9 Å². The maximum absolute atomic E-state index is 13.7. The molecule has 0 N–H and O–H groups in total. The second kappa shape index (κ2) is 9.92. The van der Waals surface area contributed by atoms with Gasteiger partial charge in [-0.05, 0) is 43.2 Å². The molecule has 1 aliphatic heterocycles. The van der Waals surface area contributed by atoms with Crippen LogP contribution >= 0.6 is 11.6 Å². The van der Waals surface area contributed by atoms with Crippen molar-refractivity contribution in [2.45, 2.75) is 32.1 Å². The number of hydrogen-bond acceptors (Lipinski definition) is 5. The minimum Gasteiger partial charge on any atom is -0.362 e. The first-order chi connectivity index (χ1) is 16.7. The number of halogens is 4. The molecule has 0 aliphatic carbocycles. The molecule has 180 valence electrons. The Morgan fingerprint density at radius 2 is 2.00 bits per heavy atom. The van der Waals surface area contributed by atoms with Crippen LogP contribution in [-0.4, -0.2) is 39.9 Å². The van der Waals surface area contributed by atoms with Crippen molar-refractivity contribution in [3.8, 4) is 6.07 Å². The molecule has 35 heavy (non-hydrogen) atoms. The number of likely N-dealkylation sites (tertiary alicyclic amines) is 1. The van der Waals surface area contributed by atoms with Gasteiger partial charge in [0.2, 0.25) is 0 Å². The summed E-state index contributed by atoms with van der Waals surface area (Å²) in [6, 6.07) is 11.9. The molecule has 0 bridgehead atoms. The van der Waals surface area contributed by atoms with E-state index in [1.54, 1.807) is 36.1 Å². The highest BCUT2D eigenvalue weighted by molar-refractivity contribution is 6.32. The zero-order valence-electron chi connectivity index (χ0n) is 18.8. The molecule has 0 radical (unpaired) electrons. The van der Waals surface area contributed by atoms with Crippen LogP contribution in [-0.2, 0) is 12.7 Å². The Balaban J connectivity index is 1.65. The summed E-state index contributed by atoms with van der Waals surface area (Å²) in [4.78, 5) is 24.6. The van der Waals surface area contributed by atoms with Gasteiger partial charge in [-0.2, -0.15) is 18.4 Å². The average Bonchev–Trinajstić information content (AvgIpc) is 3.32. The summed E-state index contributed by atoms with van der Waals surface area (Å²) in [6.07, 6.45) is -1.04. The molecule has 1 aromatic heterocycles. The van der Waals surface area contributed by atoms with Gasteiger partial charge in [-0.3, -0.25) is 9.78 Å². The lowest BCUT2D eigenvalue weighted by atomic mass is 10.0. The number of amides is 1. The molecular formula is C25H21ClF3N5O. The van der Waals surface area contributed by atoms with Crippen LogP contribution in [0.15, 0.2) is 54.9 Å². The molecule has 0 spiro atoms. The van der Waals surface area contributed by atoms with Crippen molar-refractivity contribution >= 4 is 23.2 Å². The Morgan fingerprint density at radius 1 is 1.23 bits per heavy atom. The van der Waals surface area contributed by atoms with Crippen molar-refractivity contribution in [1.29, 1.82) is 5.26 Å². The summed E-state index contributed by atoms with van der Waals surface area (Å²) in [7, 11) is 0. The monoisotopic (exact) mass is 499 g/mol. The molecular weight excluding hydrogens is 479 g/mol. The first-order valence-corrected chi connectivity index (χ1v) is 11.2. The zero-order chi connectivity index (χ0) is 25.2. The summed E-state index contributed by atoms with van der Waals surface area (Å²) >= 11 is 6.25. The van der Waals surface area contributed by atoms with Gasteiger partial charge in [0, 0.05) is 37.6 Å². The third-order valence-corrected chi connectivity index (χ3v) is 6.27. The van der Waals surface area contributed by atoms with Crippen molar-refractivity contribution in [3.05, 3.63) is 88.0 Å². The Bertz CT molecular complexity index is 1270. The lowest BCUT2D eigenvalue weighted by Gasteiger charge is -2.32.